The van der Waals surface area contributed by atoms with E-state index in [4.69, 9.17) is 4.74 Å². The maximum absolute atomic E-state index is 12.5. The molecule has 4 aromatic rings. The number of ether oxygens (including phenoxy) is 1. The fourth-order valence-corrected chi connectivity index (χ4v) is 3.98. The number of aromatic nitrogens is 2. The minimum Gasteiger partial charge on any atom is -0.489 e. The van der Waals surface area contributed by atoms with Crippen molar-refractivity contribution in [1.29, 1.82) is 0 Å². The van der Waals surface area contributed by atoms with Crippen LogP contribution in [-0.2, 0) is 13.2 Å². The van der Waals surface area contributed by atoms with Crippen molar-refractivity contribution in [2.24, 2.45) is 0 Å². The van der Waals surface area contributed by atoms with E-state index in [1.165, 1.54) is 16.7 Å². The van der Waals surface area contributed by atoms with E-state index in [1.807, 2.05) is 66.5 Å². The van der Waals surface area contributed by atoms with E-state index < -0.39 is 0 Å². The van der Waals surface area contributed by atoms with Crippen LogP contribution in [0, 0.1) is 6.92 Å². The van der Waals surface area contributed by atoms with Gasteiger partial charge in [0.25, 0.3) is 5.91 Å². The van der Waals surface area contributed by atoms with Crippen molar-refractivity contribution in [2.45, 2.75) is 33.0 Å². The predicted molar refractivity (Wildman–Crippen MR) is 116 cm³/mol. The zero-order chi connectivity index (χ0) is 20.2. The van der Waals surface area contributed by atoms with Crippen LogP contribution in [0.1, 0.15) is 27.9 Å². The number of benzene rings is 2. The van der Waals surface area contributed by atoms with Gasteiger partial charge in [-0.3, -0.25) is 9.48 Å². The Morgan fingerprint density at radius 3 is 2.79 bits per heavy atom. The number of amides is 1. The van der Waals surface area contributed by atoms with Crippen molar-refractivity contribution in [2.75, 3.05) is 0 Å². The van der Waals surface area contributed by atoms with E-state index in [9.17, 15) is 4.79 Å². The van der Waals surface area contributed by atoms with Gasteiger partial charge >= 0.3 is 0 Å². The second kappa shape index (κ2) is 8.49. The Morgan fingerprint density at radius 1 is 1.17 bits per heavy atom. The molecule has 5 nitrogen and oxygen atoms in total. The number of hydrogen-bond donors (Lipinski definition) is 1. The average Bonchev–Trinajstić information content (AvgIpc) is 3.35. The Labute approximate surface area is 173 Å². The van der Waals surface area contributed by atoms with E-state index in [0.29, 0.717) is 18.0 Å². The molecule has 0 spiro atoms. The Hall–Kier alpha value is -3.12. The van der Waals surface area contributed by atoms with Gasteiger partial charge in [0.2, 0.25) is 0 Å². The molecule has 0 aliphatic heterocycles. The number of rotatable bonds is 7. The van der Waals surface area contributed by atoms with E-state index >= 15 is 0 Å². The topological polar surface area (TPSA) is 56.2 Å². The summed E-state index contributed by atoms with van der Waals surface area (Å²) >= 11 is 1.43. The summed E-state index contributed by atoms with van der Waals surface area (Å²) in [5, 5.41) is 11.7. The number of fused-ring (bicyclic) bond motifs is 1. The summed E-state index contributed by atoms with van der Waals surface area (Å²) < 4.78 is 7.76. The fraction of sp³-hybridized carbons (Fsp3) is 0.217. The zero-order valence-corrected chi connectivity index (χ0v) is 17.3. The van der Waals surface area contributed by atoms with Gasteiger partial charge in [0.15, 0.2) is 0 Å². The Kier molecular flexibility index (Phi) is 5.62. The van der Waals surface area contributed by atoms with E-state index in [-0.39, 0.29) is 11.9 Å². The molecule has 0 saturated carbocycles. The van der Waals surface area contributed by atoms with Gasteiger partial charge in [0.1, 0.15) is 12.4 Å². The van der Waals surface area contributed by atoms with Crippen LogP contribution in [0.2, 0.25) is 0 Å². The number of carbonyl (C=O) groups excluding carboxylic acids is 1. The lowest BCUT2D eigenvalue weighted by Crippen LogP contribution is -2.35. The molecule has 148 valence electrons. The van der Waals surface area contributed by atoms with E-state index in [0.717, 1.165) is 22.4 Å². The largest absolute Gasteiger partial charge is 0.489 e. The molecule has 0 aliphatic rings. The van der Waals surface area contributed by atoms with Crippen molar-refractivity contribution < 1.29 is 9.53 Å². The highest BCUT2D eigenvalue weighted by molar-refractivity contribution is 7.12. The van der Waals surface area contributed by atoms with Crippen LogP contribution >= 0.6 is 11.3 Å². The van der Waals surface area contributed by atoms with Crippen molar-refractivity contribution in [1.82, 2.24) is 15.1 Å². The summed E-state index contributed by atoms with van der Waals surface area (Å²) in [6.07, 6.45) is 1.92. The Bertz CT molecular complexity index is 1130. The summed E-state index contributed by atoms with van der Waals surface area (Å²) in [5.41, 5.74) is 1.96. The third kappa shape index (κ3) is 4.84. The van der Waals surface area contributed by atoms with Gasteiger partial charge in [-0.05, 0) is 54.3 Å². The number of carbonyl (C=O) groups is 1. The van der Waals surface area contributed by atoms with Crippen LogP contribution in [0.4, 0.5) is 0 Å². The molecular formula is C23H23N3O2S. The normalized spacial score (nSPS) is 12.1. The molecular weight excluding hydrogens is 382 g/mol. The quantitative estimate of drug-likeness (QED) is 0.480. The lowest BCUT2D eigenvalue weighted by atomic mass is 10.1. The summed E-state index contributed by atoms with van der Waals surface area (Å²) in [7, 11) is 0. The summed E-state index contributed by atoms with van der Waals surface area (Å²) in [6.45, 7) is 5.01. The van der Waals surface area contributed by atoms with Gasteiger partial charge in [-0.2, -0.15) is 5.10 Å². The van der Waals surface area contributed by atoms with E-state index in [1.54, 1.807) is 0 Å². The first-order valence-electron chi connectivity index (χ1n) is 9.57. The maximum Gasteiger partial charge on any atom is 0.261 e. The molecule has 2 heterocycles. The number of hydrogen-bond acceptors (Lipinski definition) is 4. The van der Waals surface area contributed by atoms with Crippen LogP contribution in [-0.4, -0.2) is 21.7 Å². The number of nitrogens with one attached hydrogen (secondary N) is 1. The van der Waals surface area contributed by atoms with Crippen LogP contribution < -0.4 is 10.1 Å². The highest BCUT2D eigenvalue weighted by Crippen LogP contribution is 2.22. The van der Waals surface area contributed by atoms with Gasteiger partial charge in [0, 0.05) is 17.8 Å². The van der Waals surface area contributed by atoms with Crippen LogP contribution in [0.25, 0.3) is 10.8 Å². The molecule has 1 atom stereocenters. The van der Waals surface area contributed by atoms with Crippen molar-refractivity contribution in [3.8, 4) is 5.75 Å². The maximum atomic E-state index is 12.5. The molecule has 2 aromatic heterocycles. The fourth-order valence-electron chi connectivity index (χ4n) is 3.18. The molecule has 1 N–H and O–H groups in total. The van der Waals surface area contributed by atoms with Crippen LogP contribution in [0.3, 0.4) is 0 Å². The molecule has 1 amide bonds. The van der Waals surface area contributed by atoms with E-state index in [2.05, 4.69) is 28.6 Å². The Morgan fingerprint density at radius 2 is 2.00 bits per heavy atom. The Balaban J connectivity index is 1.32. The van der Waals surface area contributed by atoms with Gasteiger partial charge in [-0.1, -0.05) is 30.3 Å². The molecule has 6 heteroatoms. The third-order valence-electron chi connectivity index (χ3n) is 4.62. The summed E-state index contributed by atoms with van der Waals surface area (Å²) in [4.78, 5) is 13.2. The number of aryl methyl sites for hydroxylation is 1. The second-order valence-electron chi connectivity index (χ2n) is 7.17. The average molecular weight is 406 g/mol. The summed E-state index contributed by atoms with van der Waals surface area (Å²) in [5.74, 6) is 0.757. The molecule has 0 saturated heterocycles. The molecule has 0 bridgehead atoms. The first-order chi connectivity index (χ1) is 14.1. The summed E-state index contributed by atoms with van der Waals surface area (Å²) in [6, 6.07) is 18.1. The van der Waals surface area contributed by atoms with Crippen LogP contribution in [0.5, 0.6) is 5.75 Å². The first kappa shape index (κ1) is 19.2. The molecule has 1 unspecified atom stereocenters. The zero-order valence-electron chi connectivity index (χ0n) is 16.5. The lowest BCUT2D eigenvalue weighted by Gasteiger charge is -2.13. The van der Waals surface area contributed by atoms with Crippen molar-refractivity contribution >= 4 is 28.0 Å². The highest BCUT2D eigenvalue weighted by atomic mass is 32.1. The predicted octanol–water partition coefficient (Wildman–Crippen LogP) is 4.80. The molecule has 0 fully saturated rings. The van der Waals surface area contributed by atoms with Gasteiger partial charge in [0.05, 0.1) is 17.1 Å². The molecule has 0 radical (unpaired) electrons. The smallest absolute Gasteiger partial charge is 0.261 e. The third-order valence-corrected chi connectivity index (χ3v) is 5.59. The van der Waals surface area contributed by atoms with Crippen molar-refractivity contribution in [3.63, 3.8) is 0 Å². The van der Waals surface area contributed by atoms with Gasteiger partial charge in [-0.25, -0.2) is 0 Å². The number of thiophene rings is 1. The molecule has 4 rings (SSSR count). The van der Waals surface area contributed by atoms with Crippen LogP contribution in [0.15, 0.2) is 66.2 Å². The molecule has 0 aliphatic carbocycles. The van der Waals surface area contributed by atoms with Gasteiger partial charge in [-0.15, -0.1) is 11.3 Å². The standard InChI is InChI=1S/C23H23N3O2S/c1-16-9-10-26(25-16)13-17(2)24-23(27)22-11-18(15-29-22)14-28-21-8-7-19-5-3-4-6-20(19)12-21/h3-12,15,17H,13-14H2,1-2H3,(H,24,27). The highest BCUT2D eigenvalue weighted by Gasteiger charge is 2.13. The van der Waals surface area contributed by atoms with Crippen molar-refractivity contribution in [3.05, 3.63) is 82.3 Å². The first-order valence-corrected chi connectivity index (χ1v) is 10.4. The lowest BCUT2D eigenvalue weighted by molar-refractivity contribution is 0.0940. The number of nitrogens with zero attached hydrogens (tertiary/aromatic N) is 2. The SMILES string of the molecule is Cc1ccn(CC(C)NC(=O)c2cc(COc3ccc4ccccc4c3)cs2)n1. The minimum atomic E-state index is -0.0664. The molecule has 2 aromatic carbocycles. The monoisotopic (exact) mass is 405 g/mol. The van der Waals surface area contributed by atoms with Gasteiger partial charge < -0.3 is 10.1 Å². The minimum absolute atomic E-state index is 0.0128. The second-order valence-corrected chi connectivity index (χ2v) is 8.08. The molecule has 29 heavy (non-hydrogen) atoms.